The van der Waals surface area contributed by atoms with Gasteiger partial charge in [0, 0.05) is 42.8 Å². The van der Waals surface area contributed by atoms with Gasteiger partial charge in [-0.2, -0.15) is 10.5 Å². The summed E-state index contributed by atoms with van der Waals surface area (Å²) in [5, 5.41) is 21.3. The van der Waals surface area contributed by atoms with E-state index in [0.717, 1.165) is 34.1 Å². The number of rotatable bonds is 7. The van der Waals surface area contributed by atoms with Crippen LogP contribution in [0.3, 0.4) is 0 Å². The lowest BCUT2D eigenvalue weighted by Crippen LogP contribution is -2.56. The molecule has 0 bridgehead atoms. The first-order chi connectivity index (χ1) is 20.5. The van der Waals surface area contributed by atoms with Gasteiger partial charge >= 0.3 is 0 Å². The summed E-state index contributed by atoms with van der Waals surface area (Å²) in [6.07, 6.45) is -0.257. The van der Waals surface area contributed by atoms with E-state index in [4.69, 9.17) is 0 Å². The van der Waals surface area contributed by atoms with Crippen LogP contribution in [0.2, 0.25) is 0 Å². The molecule has 226 valence electrons. The molecule has 1 aliphatic heterocycles. The lowest BCUT2D eigenvalue weighted by Gasteiger charge is -2.39. The number of hydrogen-bond acceptors (Lipinski definition) is 6. The van der Waals surface area contributed by atoms with Gasteiger partial charge in [0.25, 0.3) is 11.8 Å². The molecule has 2 fully saturated rings. The zero-order chi connectivity index (χ0) is 30.9. The van der Waals surface area contributed by atoms with Crippen LogP contribution in [-0.4, -0.2) is 40.7 Å². The second kappa shape index (κ2) is 12.5. The molecule has 2 heterocycles. The molecule has 2 aromatic carbocycles. The van der Waals surface area contributed by atoms with Crippen molar-refractivity contribution in [3.63, 3.8) is 0 Å². The van der Waals surface area contributed by atoms with Crippen LogP contribution in [0.1, 0.15) is 55.8 Å². The highest BCUT2D eigenvalue weighted by molar-refractivity contribution is 6.10. The highest BCUT2D eigenvalue weighted by Crippen LogP contribution is 2.39. The third-order valence-electron chi connectivity index (χ3n) is 7.29. The van der Waals surface area contributed by atoms with Crippen molar-refractivity contribution in [2.45, 2.75) is 57.2 Å². The second-order valence-corrected chi connectivity index (χ2v) is 10.2. The van der Waals surface area contributed by atoms with Crippen molar-refractivity contribution < 1.29 is 31.9 Å². The van der Waals surface area contributed by atoms with E-state index in [-0.39, 0.29) is 48.5 Å². The molecule has 2 atom stereocenters. The predicted octanol–water partition coefficient (Wildman–Crippen LogP) is 4.92. The standard InChI is InChI=1S/C30H22F4N6O3.CH4/c31-19-9-18(16-36)10-21(12-19)39(29(43)24-5-6-26(41)40(24)25-11-17(15-35)7-8-37-25)27(22-3-1-2-4-23(22)32)28(42)38-20-13-30(33,34)14-20;/h1-4,7-12,20,24,27H,5-6,13-14H2,(H,38,42);1H4/t24-,27-;/m0./s1. The number of nitrogens with one attached hydrogen (secondary N) is 1. The van der Waals surface area contributed by atoms with Crippen molar-refractivity contribution in [3.05, 3.63) is 89.1 Å². The molecule has 1 aliphatic carbocycles. The zero-order valence-corrected chi connectivity index (χ0v) is 22.3. The van der Waals surface area contributed by atoms with Crippen molar-refractivity contribution in [1.82, 2.24) is 10.3 Å². The Morgan fingerprint density at radius 3 is 2.41 bits per heavy atom. The Bertz CT molecular complexity index is 1690. The van der Waals surface area contributed by atoms with Gasteiger partial charge in [0.15, 0.2) is 0 Å². The molecule has 1 aromatic heterocycles. The molecule has 44 heavy (non-hydrogen) atoms. The molecule has 0 unspecified atom stereocenters. The first kappa shape index (κ1) is 31.6. The molecule has 3 amide bonds. The third-order valence-corrected chi connectivity index (χ3v) is 7.29. The van der Waals surface area contributed by atoms with Gasteiger partial charge in [-0.3, -0.25) is 24.2 Å². The van der Waals surface area contributed by atoms with Gasteiger partial charge < -0.3 is 5.32 Å². The smallest absolute Gasteiger partial charge is 0.252 e. The lowest BCUT2D eigenvalue weighted by molar-refractivity contribution is -0.133. The first-order valence-electron chi connectivity index (χ1n) is 13.2. The Balaban J connectivity index is 0.00000442. The van der Waals surface area contributed by atoms with E-state index in [1.54, 1.807) is 6.07 Å². The minimum atomic E-state index is -3.00. The monoisotopic (exact) mass is 606 g/mol. The topological polar surface area (TPSA) is 130 Å². The van der Waals surface area contributed by atoms with Crippen molar-refractivity contribution in [3.8, 4) is 12.1 Å². The normalized spacial score (nSPS) is 17.8. The number of nitriles is 2. The molecule has 9 nitrogen and oxygen atoms in total. The van der Waals surface area contributed by atoms with E-state index in [2.05, 4.69) is 10.3 Å². The Kier molecular flexibility index (Phi) is 9.00. The minimum absolute atomic E-state index is 0. The summed E-state index contributed by atoms with van der Waals surface area (Å²) in [4.78, 5) is 47.2. The Labute approximate surface area is 250 Å². The molecule has 5 rings (SSSR count). The highest BCUT2D eigenvalue weighted by atomic mass is 19.3. The maximum atomic E-state index is 15.3. The van der Waals surface area contributed by atoms with Crippen LogP contribution in [0.5, 0.6) is 0 Å². The number of hydrogen-bond donors (Lipinski definition) is 1. The summed E-state index contributed by atoms with van der Waals surface area (Å²) in [6.45, 7) is 0. The Morgan fingerprint density at radius 1 is 1.05 bits per heavy atom. The summed E-state index contributed by atoms with van der Waals surface area (Å²) >= 11 is 0. The van der Waals surface area contributed by atoms with Gasteiger partial charge in [-0.05, 0) is 42.8 Å². The number of pyridine rings is 1. The number of anilines is 2. The van der Waals surface area contributed by atoms with Gasteiger partial charge in [-0.1, -0.05) is 25.6 Å². The molecule has 1 saturated carbocycles. The molecule has 3 aromatic rings. The quantitative estimate of drug-likeness (QED) is 0.380. The van der Waals surface area contributed by atoms with Gasteiger partial charge in [-0.15, -0.1) is 0 Å². The van der Waals surface area contributed by atoms with E-state index < -0.39 is 66.2 Å². The number of benzene rings is 2. The van der Waals surface area contributed by atoms with Crippen LogP contribution < -0.4 is 15.1 Å². The SMILES string of the molecule is C.N#Cc1cc(F)cc(N(C(=O)[C@@H]2CCC(=O)N2c2cc(C#N)ccn2)[C@H](C(=O)NC2CC(F)(F)C2)c2ccccc2F)c1. The fourth-order valence-corrected chi connectivity index (χ4v) is 5.30. The maximum Gasteiger partial charge on any atom is 0.252 e. The van der Waals surface area contributed by atoms with Gasteiger partial charge in [0.05, 0.1) is 23.3 Å². The van der Waals surface area contributed by atoms with E-state index in [0.29, 0.717) is 0 Å². The van der Waals surface area contributed by atoms with E-state index in [1.807, 2.05) is 6.07 Å². The Hall–Kier alpha value is -5.30. The molecule has 1 N–H and O–H groups in total. The minimum Gasteiger partial charge on any atom is -0.351 e. The zero-order valence-electron chi connectivity index (χ0n) is 22.3. The van der Waals surface area contributed by atoms with E-state index in [1.165, 1.54) is 36.5 Å². The van der Waals surface area contributed by atoms with E-state index in [9.17, 15) is 38.1 Å². The number of alkyl halides is 2. The first-order valence-corrected chi connectivity index (χ1v) is 13.2. The second-order valence-electron chi connectivity index (χ2n) is 10.2. The number of nitrogens with zero attached hydrogens (tertiary/aromatic N) is 5. The van der Waals surface area contributed by atoms with Crippen LogP contribution in [0.15, 0.2) is 60.8 Å². The molecule has 2 aliphatic rings. The maximum absolute atomic E-state index is 15.3. The molecule has 13 heteroatoms. The van der Waals surface area contributed by atoms with Crippen LogP contribution in [0.4, 0.5) is 29.1 Å². The average molecular weight is 607 g/mol. The van der Waals surface area contributed by atoms with Crippen molar-refractivity contribution in [2.24, 2.45) is 0 Å². The summed E-state index contributed by atoms with van der Waals surface area (Å²) in [5.41, 5.74) is -0.705. The fourth-order valence-electron chi connectivity index (χ4n) is 5.30. The van der Waals surface area contributed by atoms with Crippen molar-refractivity contribution in [2.75, 3.05) is 9.80 Å². The van der Waals surface area contributed by atoms with Crippen molar-refractivity contribution in [1.29, 1.82) is 10.5 Å². The lowest BCUT2D eigenvalue weighted by atomic mass is 9.87. The molecule has 1 saturated heterocycles. The van der Waals surface area contributed by atoms with Crippen LogP contribution in [0.25, 0.3) is 0 Å². The fraction of sp³-hybridized carbons (Fsp3) is 0.290. The molecule has 0 radical (unpaired) electrons. The van der Waals surface area contributed by atoms with Gasteiger partial charge in [0.1, 0.15) is 29.5 Å². The molecular weight excluding hydrogens is 580 g/mol. The van der Waals surface area contributed by atoms with Gasteiger partial charge in [-0.25, -0.2) is 22.5 Å². The largest absolute Gasteiger partial charge is 0.351 e. The van der Waals surface area contributed by atoms with Crippen molar-refractivity contribution >= 4 is 29.2 Å². The van der Waals surface area contributed by atoms with E-state index >= 15 is 4.39 Å². The van der Waals surface area contributed by atoms with Crippen LogP contribution >= 0.6 is 0 Å². The van der Waals surface area contributed by atoms with Crippen LogP contribution in [-0.2, 0) is 14.4 Å². The number of halogens is 4. The third kappa shape index (κ3) is 6.22. The van der Waals surface area contributed by atoms with Gasteiger partial charge in [0.2, 0.25) is 11.8 Å². The number of aromatic nitrogens is 1. The molecule has 0 spiro atoms. The summed E-state index contributed by atoms with van der Waals surface area (Å²) in [6, 6.07) is 10.1. The number of amides is 3. The number of carbonyl (C=O) groups is 3. The van der Waals surface area contributed by atoms with Crippen LogP contribution in [0, 0.1) is 34.3 Å². The Morgan fingerprint density at radius 2 is 1.75 bits per heavy atom. The predicted molar refractivity (Wildman–Crippen MR) is 150 cm³/mol. The number of carbonyl (C=O) groups excluding carboxylic acids is 3. The summed E-state index contributed by atoms with van der Waals surface area (Å²) in [5.74, 6) is -7.39. The highest BCUT2D eigenvalue weighted by Gasteiger charge is 2.48. The average Bonchev–Trinajstić information content (AvgIpc) is 3.35. The summed E-state index contributed by atoms with van der Waals surface area (Å²) < 4.78 is 57.3. The molecular formula is C31H26F4N6O3. The summed E-state index contributed by atoms with van der Waals surface area (Å²) in [7, 11) is 0.